The molecule has 3 rings (SSSR count). The maximum atomic E-state index is 12.6. The molecule has 0 aliphatic carbocycles. The molecule has 0 saturated carbocycles. The molecule has 0 radical (unpaired) electrons. The molecular formula is C25H28Cl2N4O5. The average molecular weight is 535 g/mol. The number of benzene rings is 2. The number of hydrazone groups is 1. The second-order valence-electron chi connectivity index (χ2n) is 8.41. The van der Waals surface area contributed by atoms with Gasteiger partial charge in [0.2, 0.25) is 0 Å². The van der Waals surface area contributed by atoms with Crippen molar-refractivity contribution in [2.75, 3.05) is 32.9 Å². The van der Waals surface area contributed by atoms with E-state index >= 15 is 0 Å². The minimum Gasteiger partial charge on any atom is -0.484 e. The number of rotatable bonds is 9. The van der Waals surface area contributed by atoms with Crippen molar-refractivity contribution in [2.24, 2.45) is 11.0 Å². The summed E-state index contributed by atoms with van der Waals surface area (Å²) in [6, 6.07) is 10.6. The Labute approximate surface area is 219 Å². The first-order valence-corrected chi connectivity index (χ1v) is 12.2. The van der Waals surface area contributed by atoms with Crippen LogP contribution < -0.4 is 15.5 Å². The number of carbonyl (C=O) groups is 3. The third-order valence-electron chi connectivity index (χ3n) is 5.41. The van der Waals surface area contributed by atoms with Gasteiger partial charge < -0.3 is 19.7 Å². The first-order chi connectivity index (χ1) is 17.2. The molecule has 36 heavy (non-hydrogen) atoms. The van der Waals surface area contributed by atoms with Gasteiger partial charge in [-0.15, -0.1) is 0 Å². The van der Waals surface area contributed by atoms with E-state index < -0.39 is 17.9 Å². The maximum Gasteiger partial charge on any atom is 0.262 e. The molecule has 3 amide bonds. The number of amides is 3. The van der Waals surface area contributed by atoms with E-state index in [0.717, 1.165) is 0 Å². The van der Waals surface area contributed by atoms with E-state index in [9.17, 15) is 14.4 Å². The lowest BCUT2D eigenvalue weighted by Crippen LogP contribution is -2.48. The molecule has 1 saturated heterocycles. The van der Waals surface area contributed by atoms with E-state index in [2.05, 4.69) is 15.8 Å². The fraction of sp³-hybridized carbons (Fsp3) is 0.360. The minimum absolute atomic E-state index is 0.0476. The van der Waals surface area contributed by atoms with E-state index in [1.165, 1.54) is 24.4 Å². The standard InChI is InChI=1S/C25H28Cl2N4O5/c1-16(2)23(29-24(33)18-5-8-20(26)21(27)13-18)25(34)30-28-14-17-3-6-19(7-4-17)36-15-22(32)31-9-11-35-12-10-31/h3-8,13-14,16,23H,9-12,15H2,1-2H3,(H,29,33)(H,30,34)/b28-14+. The number of carbonyl (C=O) groups excluding carboxylic acids is 3. The van der Waals surface area contributed by atoms with Crippen molar-refractivity contribution in [1.29, 1.82) is 0 Å². The van der Waals surface area contributed by atoms with Crippen molar-refractivity contribution >= 4 is 47.1 Å². The van der Waals surface area contributed by atoms with E-state index in [1.807, 2.05) is 13.8 Å². The summed E-state index contributed by atoms with van der Waals surface area (Å²) < 4.78 is 10.8. The smallest absolute Gasteiger partial charge is 0.262 e. The number of hydrogen-bond acceptors (Lipinski definition) is 6. The van der Waals surface area contributed by atoms with Gasteiger partial charge >= 0.3 is 0 Å². The second kappa shape index (κ2) is 13.2. The molecule has 9 nitrogen and oxygen atoms in total. The number of ether oxygens (including phenoxy) is 2. The second-order valence-corrected chi connectivity index (χ2v) is 9.22. The summed E-state index contributed by atoms with van der Waals surface area (Å²) >= 11 is 11.9. The molecule has 1 fully saturated rings. The topological polar surface area (TPSA) is 109 Å². The summed E-state index contributed by atoms with van der Waals surface area (Å²) in [5.74, 6) is -0.644. The third kappa shape index (κ3) is 7.94. The van der Waals surface area contributed by atoms with Crippen LogP contribution in [0.3, 0.4) is 0 Å². The Morgan fingerprint density at radius 2 is 1.78 bits per heavy atom. The molecular weight excluding hydrogens is 507 g/mol. The van der Waals surface area contributed by atoms with Gasteiger partial charge in [-0.25, -0.2) is 5.43 Å². The molecule has 0 bridgehead atoms. The number of morpholine rings is 1. The predicted octanol–water partition coefficient (Wildman–Crippen LogP) is 3.14. The molecule has 11 heteroatoms. The lowest BCUT2D eigenvalue weighted by atomic mass is 10.0. The van der Waals surface area contributed by atoms with E-state index in [1.54, 1.807) is 29.2 Å². The van der Waals surface area contributed by atoms with Crippen molar-refractivity contribution < 1.29 is 23.9 Å². The molecule has 0 spiro atoms. The predicted molar refractivity (Wildman–Crippen MR) is 138 cm³/mol. The Hall–Kier alpha value is -3.14. The van der Waals surface area contributed by atoms with Gasteiger partial charge in [-0.3, -0.25) is 14.4 Å². The Morgan fingerprint density at radius 3 is 2.42 bits per heavy atom. The molecule has 2 aromatic carbocycles. The van der Waals surface area contributed by atoms with Crippen LogP contribution in [0.1, 0.15) is 29.8 Å². The molecule has 2 aromatic rings. The zero-order chi connectivity index (χ0) is 26.1. The quantitative estimate of drug-likeness (QED) is 0.379. The number of hydrogen-bond donors (Lipinski definition) is 2. The zero-order valence-corrected chi connectivity index (χ0v) is 21.5. The van der Waals surface area contributed by atoms with E-state index in [4.69, 9.17) is 32.7 Å². The van der Waals surface area contributed by atoms with Gasteiger partial charge in [0.1, 0.15) is 11.8 Å². The number of nitrogens with one attached hydrogen (secondary N) is 2. The molecule has 2 N–H and O–H groups in total. The Kier molecular flexibility index (Phi) is 10.1. The highest BCUT2D eigenvalue weighted by atomic mass is 35.5. The summed E-state index contributed by atoms with van der Waals surface area (Å²) in [5, 5.41) is 7.27. The van der Waals surface area contributed by atoms with Crippen molar-refractivity contribution in [3.63, 3.8) is 0 Å². The van der Waals surface area contributed by atoms with Crippen LogP contribution in [0.2, 0.25) is 10.0 Å². The normalized spacial score (nSPS) is 14.5. The van der Waals surface area contributed by atoms with Gasteiger partial charge in [0.05, 0.1) is 29.5 Å². The Balaban J connectivity index is 1.50. The highest BCUT2D eigenvalue weighted by molar-refractivity contribution is 6.42. The van der Waals surface area contributed by atoms with Crippen LogP contribution in [0, 0.1) is 5.92 Å². The van der Waals surface area contributed by atoms with Gasteiger partial charge in [0.25, 0.3) is 17.7 Å². The highest BCUT2D eigenvalue weighted by Crippen LogP contribution is 2.22. The first kappa shape index (κ1) is 27.4. The Bertz CT molecular complexity index is 1100. The van der Waals surface area contributed by atoms with Crippen LogP contribution in [-0.2, 0) is 14.3 Å². The lowest BCUT2D eigenvalue weighted by molar-refractivity contribution is -0.137. The fourth-order valence-electron chi connectivity index (χ4n) is 3.34. The largest absolute Gasteiger partial charge is 0.484 e. The van der Waals surface area contributed by atoms with Crippen LogP contribution in [0.25, 0.3) is 0 Å². The molecule has 192 valence electrons. The summed E-state index contributed by atoms with van der Waals surface area (Å²) in [5.41, 5.74) is 3.46. The molecule has 1 atom stereocenters. The fourth-order valence-corrected chi connectivity index (χ4v) is 3.63. The van der Waals surface area contributed by atoms with Crippen LogP contribution in [0.4, 0.5) is 0 Å². The van der Waals surface area contributed by atoms with Gasteiger partial charge in [-0.1, -0.05) is 37.0 Å². The minimum atomic E-state index is -0.816. The highest BCUT2D eigenvalue weighted by Gasteiger charge is 2.25. The van der Waals surface area contributed by atoms with Crippen LogP contribution in [-0.4, -0.2) is 67.8 Å². The van der Waals surface area contributed by atoms with Gasteiger partial charge in [-0.2, -0.15) is 5.10 Å². The zero-order valence-electron chi connectivity index (χ0n) is 20.0. The summed E-state index contributed by atoms with van der Waals surface area (Å²) in [6.07, 6.45) is 1.47. The van der Waals surface area contributed by atoms with Crippen molar-refractivity contribution in [3.05, 3.63) is 63.6 Å². The summed E-state index contributed by atoms with van der Waals surface area (Å²) in [4.78, 5) is 39.1. The number of nitrogens with zero attached hydrogens (tertiary/aromatic N) is 2. The van der Waals surface area contributed by atoms with Crippen molar-refractivity contribution in [3.8, 4) is 5.75 Å². The van der Waals surface area contributed by atoms with Crippen LogP contribution in [0.5, 0.6) is 5.75 Å². The molecule has 1 unspecified atom stereocenters. The van der Waals surface area contributed by atoms with Gasteiger partial charge in [-0.05, 0) is 53.9 Å². The van der Waals surface area contributed by atoms with Crippen LogP contribution >= 0.6 is 23.2 Å². The first-order valence-electron chi connectivity index (χ1n) is 11.4. The lowest BCUT2D eigenvalue weighted by Gasteiger charge is -2.26. The number of halogens is 2. The molecule has 1 heterocycles. The van der Waals surface area contributed by atoms with Crippen molar-refractivity contribution in [1.82, 2.24) is 15.6 Å². The maximum absolute atomic E-state index is 12.6. The average Bonchev–Trinajstić information content (AvgIpc) is 2.88. The molecule has 1 aliphatic heterocycles. The Morgan fingerprint density at radius 1 is 1.08 bits per heavy atom. The summed E-state index contributed by atoms with van der Waals surface area (Å²) in [6.45, 7) is 5.79. The SMILES string of the molecule is CC(C)C(NC(=O)c1ccc(Cl)c(Cl)c1)C(=O)N/N=C/c1ccc(OCC(=O)N2CCOCC2)cc1. The molecule has 1 aliphatic rings. The monoisotopic (exact) mass is 534 g/mol. The van der Waals surface area contributed by atoms with E-state index in [0.29, 0.717) is 48.2 Å². The van der Waals surface area contributed by atoms with Gasteiger partial charge in [0, 0.05) is 18.7 Å². The third-order valence-corrected chi connectivity index (χ3v) is 6.15. The van der Waals surface area contributed by atoms with Crippen molar-refractivity contribution in [2.45, 2.75) is 19.9 Å². The van der Waals surface area contributed by atoms with Gasteiger partial charge in [0.15, 0.2) is 6.61 Å². The summed E-state index contributed by atoms with van der Waals surface area (Å²) in [7, 11) is 0. The molecule has 0 aromatic heterocycles. The van der Waals surface area contributed by atoms with Crippen LogP contribution in [0.15, 0.2) is 47.6 Å². The van der Waals surface area contributed by atoms with E-state index in [-0.39, 0.29) is 23.5 Å².